The zero-order chi connectivity index (χ0) is 15.7. The van der Waals surface area contributed by atoms with Crippen LogP contribution in [-0.4, -0.2) is 33.7 Å². The van der Waals surface area contributed by atoms with Crippen molar-refractivity contribution in [1.82, 2.24) is 4.90 Å². The predicted molar refractivity (Wildman–Crippen MR) is 88.6 cm³/mol. The maximum Gasteiger partial charge on any atom is 0.327 e. The van der Waals surface area contributed by atoms with E-state index in [1.54, 1.807) is 24.3 Å². The third kappa shape index (κ3) is 2.74. The number of benzene rings is 1. The Hall–Kier alpha value is -1.50. The van der Waals surface area contributed by atoms with Crippen LogP contribution in [0.3, 0.4) is 0 Å². The van der Waals surface area contributed by atoms with Gasteiger partial charge in [0.25, 0.3) is 5.91 Å². The number of thiophene rings is 1. The SMILES string of the molecule is O=C(O)C1CSC(c2cccs2)N1C(=O)c1ccccc1Cl. The number of halogens is 1. The number of hydrogen-bond acceptors (Lipinski definition) is 4. The average molecular weight is 354 g/mol. The summed E-state index contributed by atoms with van der Waals surface area (Å²) in [6.45, 7) is 0. The normalized spacial score (nSPS) is 21.0. The minimum Gasteiger partial charge on any atom is -0.480 e. The van der Waals surface area contributed by atoms with Crippen LogP contribution < -0.4 is 0 Å². The summed E-state index contributed by atoms with van der Waals surface area (Å²) in [7, 11) is 0. The Morgan fingerprint density at radius 2 is 2.00 bits per heavy atom. The van der Waals surface area contributed by atoms with Crippen LogP contribution in [0.5, 0.6) is 0 Å². The monoisotopic (exact) mass is 353 g/mol. The minimum atomic E-state index is -0.994. The first-order valence-electron chi connectivity index (χ1n) is 6.54. The summed E-state index contributed by atoms with van der Waals surface area (Å²) >= 11 is 9.08. The molecule has 0 radical (unpaired) electrons. The highest BCUT2D eigenvalue weighted by atomic mass is 35.5. The van der Waals surface area contributed by atoms with Gasteiger partial charge in [-0.3, -0.25) is 4.79 Å². The largest absolute Gasteiger partial charge is 0.480 e. The van der Waals surface area contributed by atoms with Crippen molar-refractivity contribution in [1.29, 1.82) is 0 Å². The van der Waals surface area contributed by atoms with Gasteiger partial charge in [-0.15, -0.1) is 23.1 Å². The maximum absolute atomic E-state index is 12.9. The number of aliphatic carboxylic acids is 1. The third-order valence-electron chi connectivity index (χ3n) is 3.41. The molecule has 1 aromatic carbocycles. The highest BCUT2D eigenvalue weighted by molar-refractivity contribution is 7.99. The van der Waals surface area contributed by atoms with E-state index < -0.39 is 12.0 Å². The van der Waals surface area contributed by atoms with Gasteiger partial charge in [0.2, 0.25) is 0 Å². The predicted octanol–water partition coefficient (Wildman–Crippen LogP) is 3.74. The van der Waals surface area contributed by atoms with Crippen molar-refractivity contribution in [3.8, 4) is 0 Å². The molecule has 0 aliphatic carbocycles. The van der Waals surface area contributed by atoms with Gasteiger partial charge in [-0.1, -0.05) is 29.8 Å². The molecule has 0 saturated carbocycles. The van der Waals surface area contributed by atoms with Gasteiger partial charge in [-0.25, -0.2) is 4.79 Å². The lowest BCUT2D eigenvalue weighted by molar-refractivity contribution is -0.141. The van der Waals surface area contributed by atoms with Gasteiger partial charge in [0.05, 0.1) is 10.6 Å². The second-order valence-electron chi connectivity index (χ2n) is 4.75. The summed E-state index contributed by atoms with van der Waals surface area (Å²) in [5, 5.41) is 11.4. The van der Waals surface area contributed by atoms with Crippen molar-refractivity contribution in [2.45, 2.75) is 11.4 Å². The molecule has 1 N–H and O–H groups in total. The number of rotatable bonds is 3. The Kier molecular flexibility index (Phi) is 4.42. The fourth-order valence-corrected chi connectivity index (χ4v) is 4.97. The van der Waals surface area contributed by atoms with Crippen LogP contribution in [-0.2, 0) is 4.79 Å². The number of carboxylic acids is 1. The Labute approximate surface area is 140 Å². The van der Waals surface area contributed by atoms with E-state index in [0.717, 1.165) is 4.88 Å². The molecule has 2 heterocycles. The second kappa shape index (κ2) is 6.32. The Balaban J connectivity index is 2.00. The van der Waals surface area contributed by atoms with E-state index in [1.165, 1.54) is 28.0 Å². The summed E-state index contributed by atoms with van der Waals surface area (Å²) in [6, 6.07) is 9.68. The minimum absolute atomic E-state index is 0.287. The molecule has 1 aliphatic heterocycles. The second-order valence-corrected chi connectivity index (χ2v) is 7.25. The topological polar surface area (TPSA) is 57.6 Å². The number of carbonyl (C=O) groups excluding carboxylic acids is 1. The summed E-state index contributed by atoms with van der Waals surface area (Å²) < 4.78 is 0. The zero-order valence-electron chi connectivity index (χ0n) is 11.3. The summed E-state index contributed by atoms with van der Waals surface area (Å²) in [5.74, 6) is -0.970. The quantitative estimate of drug-likeness (QED) is 0.913. The van der Waals surface area contributed by atoms with Crippen molar-refractivity contribution < 1.29 is 14.7 Å². The number of thioether (sulfide) groups is 1. The molecule has 1 fully saturated rings. The van der Waals surface area contributed by atoms with Crippen molar-refractivity contribution in [2.24, 2.45) is 0 Å². The number of nitrogens with zero attached hydrogens (tertiary/aromatic N) is 1. The van der Waals surface area contributed by atoms with E-state index in [2.05, 4.69) is 0 Å². The molecule has 1 aliphatic rings. The van der Waals surface area contributed by atoms with E-state index in [1.807, 2.05) is 17.5 Å². The van der Waals surface area contributed by atoms with Crippen LogP contribution in [0.4, 0.5) is 0 Å². The van der Waals surface area contributed by atoms with Gasteiger partial charge < -0.3 is 10.0 Å². The number of carbonyl (C=O) groups is 2. The van der Waals surface area contributed by atoms with Crippen LogP contribution in [0.1, 0.15) is 20.6 Å². The Bertz CT molecular complexity index is 705. The van der Waals surface area contributed by atoms with Crippen molar-refractivity contribution in [3.05, 3.63) is 57.2 Å². The van der Waals surface area contributed by atoms with E-state index in [-0.39, 0.29) is 11.3 Å². The van der Waals surface area contributed by atoms with E-state index in [0.29, 0.717) is 16.3 Å². The molecule has 4 nitrogen and oxygen atoms in total. The standard InChI is InChI=1S/C15H12ClNO3S2/c16-10-5-2-1-4-9(10)13(18)17-11(15(19)20)8-22-14(17)12-6-3-7-21-12/h1-7,11,14H,8H2,(H,19,20). The zero-order valence-corrected chi connectivity index (χ0v) is 13.7. The molecular formula is C15H12ClNO3S2. The summed E-state index contributed by atoms with van der Waals surface area (Å²) in [4.78, 5) is 26.8. The first-order chi connectivity index (χ1) is 10.6. The van der Waals surface area contributed by atoms with Crippen LogP contribution in [0.15, 0.2) is 41.8 Å². The summed E-state index contributed by atoms with van der Waals surface area (Å²) in [6.07, 6.45) is 0. The Morgan fingerprint density at radius 1 is 1.23 bits per heavy atom. The van der Waals surface area contributed by atoms with E-state index in [9.17, 15) is 14.7 Å². The van der Waals surface area contributed by atoms with Crippen LogP contribution in [0.25, 0.3) is 0 Å². The first kappa shape index (κ1) is 15.4. The van der Waals surface area contributed by atoms with Crippen molar-refractivity contribution in [3.63, 3.8) is 0 Å². The molecular weight excluding hydrogens is 342 g/mol. The fourth-order valence-electron chi connectivity index (χ4n) is 2.37. The van der Waals surface area contributed by atoms with Crippen molar-refractivity contribution in [2.75, 3.05) is 5.75 Å². The molecule has 22 heavy (non-hydrogen) atoms. The number of carboxylic acid groups (broad SMARTS) is 1. The molecule has 0 bridgehead atoms. The lowest BCUT2D eigenvalue weighted by atomic mass is 10.1. The highest BCUT2D eigenvalue weighted by Crippen LogP contribution is 2.44. The van der Waals surface area contributed by atoms with Crippen LogP contribution in [0.2, 0.25) is 5.02 Å². The number of hydrogen-bond donors (Lipinski definition) is 1. The maximum atomic E-state index is 12.9. The van der Waals surface area contributed by atoms with Gasteiger partial charge in [-0.2, -0.15) is 0 Å². The smallest absolute Gasteiger partial charge is 0.327 e. The molecule has 1 saturated heterocycles. The molecule has 2 atom stereocenters. The van der Waals surface area contributed by atoms with Gasteiger partial charge in [0, 0.05) is 10.6 Å². The third-order valence-corrected chi connectivity index (χ3v) is 6.12. The molecule has 1 aromatic heterocycles. The van der Waals surface area contributed by atoms with E-state index >= 15 is 0 Å². The lowest BCUT2D eigenvalue weighted by Crippen LogP contribution is -2.42. The first-order valence-corrected chi connectivity index (χ1v) is 8.85. The highest BCUT2D eigenvalue weighted by Gasteiger charge is 2.43. The molecule has 7 heteroatoms. The Morgan fingerprint density at radius 3 is 2.64 bits per heavy atom. The molecule has 1 amide bonds. The lowest BCUT2D eigenvalue weighted by Gasteiger charge is -2.27. The molecule has 3 rings (SSSR count). The van der Waals surface area contributed by atoms with Gasteiger partial charge in [-0.05, 0) is 23.6 Å². The molecule has 2 aromatic rings. The van der Waals surface area contributed by atoms with Gasteiger partial charge in [0.15, 0.2) is 0 Å². The molecule has 0 spiro atoms. The molecule has 114 valence electrons. The molecule has 2 unspecified atom stereocenters. The van der Waals surface area contributed by atoms with E-state index in [4.69, 9.17) is 11.6 Å². The van der Waals surface area contributed by atoms with Crippen LogP contribution in [0, 0.1) is 0 Å². The van der Waals surface area contributed by atoms with Crippen molar-refractivity contribution >= 4 is 46.6 Å². The van der Waals surface area contributed by atoms with Gasteiger partial charge in [0.1, 0.15) is 11.4 Å². The van der Waals surface area contributed by atoms with Crippen LogP contribution >= 0.6 is 34.7 Å². The van der Waals surface area contributed by atoms with Gasteiger partial charge >= 0.3 is 5.97 Å². The number of amides is 1. The average Bonchev–Trinajstić information content (AvgIpc) is 3.15. The fraction of sp³-hybridized carbons (Fsp3) is 0.200. The summed E-state index contributed by atoms with van der Waals surface area (Å²) in [5.41, 5.74) is 0.333.